The van der Waals surface area contributed by atoms with Gasteiger partial charge in [-0.15, -0.1) is 0 Å². The zero-order valence-corrected chi connectivity index (χ0v) is 15.2. The van der Waals surface area contributed by atoms with Gasteiger partial charge < -0.3 is 14.2 Å². The molecule has 9 heteroatoms. The van der Waals surface area contributed by atoms with Crippen molar-refractivity contribution in [1.29, 1.82) is 0 Å². The van der Waals surface area contributed by atoms with Crippen molar-refractivity contribution in [3.05, 3.63) is 35.7 Å². The summed E-state index contributed by atoms with van der Waals surface area (Å²) in [6, 6.07) is 6.72. The number of hydrogen-bond donors (Lipinski definition) is 0. The van der Waals surface area contributed by atoms with Crippen molar-refractivity contribution >= 4 is 21.6 Å². The van der Waals surface area contributed by atoms with E-state index in [4.69, 9.17) is 9.26 Å². The smallest absolute Gasteiger partial charge is 0.270 e. The van der Waals surface area contributed by atoms with Gasteiger partial charge in [-0.1, -0.05) is 17.3 Å². The number of ether oxygens (including phenoxy) is 1. The molecule has 0 radical (unpaired) electrons. The van der Waals surface area contributed by atoms with Crippen LogP contribution >= 0.6 is 0 Å². The number of amides is 1. The number of anilines is 1. The summed E-state index contributed by atoms with van der Waals surface area (Å²) in [6.45, 7) is 2.99. The first-order valence-electron chi connectivity index (χ1n) is 7.66. The summed E-state index contributed by atoms with van der Waals surface area (Å²) < 4.78 is 38.4. The van der Waals surface area contributed by atoms with Crippen LogP contribution in [0, 0.1) is 13.8 Å². The molecule has 1 amide bonds. The average molecular weight is 365 g/mol. The van der Waals surface area contributed by atoms with Gasteiger partial charge in [0.1, 0.15) is 11.4 Å². The molecule has 0 aliphatic carbocycles. The van der Waals surface area contributed by atoms with Crippen molar-refractivity contribution in [2.45, 2.75) is 24.8 Å². The van der Waals surface area contributed by atoms with Crippen LogP contribution in [-0.2, 0) is 14.8 Å². The lowest BCUT2D eigenvalue weighted by atomic mass is 10.2. The average Bonchev–Trinajstić information content (AvgIpc) is 2.92. The maximum atomic E-state index is 13.2. The highest BCUT2D eigenvalue weighted by atomic mass is 32.2. The molecular weight excluding hydrogens is 346 g/mol. The second kappa shape index (κ2) is 6.07. The molecule has 0 unspecified atom stereocenters. The lowest BCUT2D eigenvalue weighted by molar-refractivity contribution is -0.135. The summed E-state index contributed by atoms with van der Waals surface area (Å²) in [5.41, 5.74) is 0.655. The Bertz CT molecular complexity index is 900. The van der Waals surface area contributed by atoms with Gasteiger partial charge in [0.2, 0.25) is 0 Å². The van der Waals surface area contributed by atoms with Gasteiger partial charge in [0, 0.05) is 14.1 Å². The number of likely N-dealkylation sites (N-methyl/N-ethyl adjacent to an activating group) is 1. The van der Waals surface area contributed by atoms with Crippen molar-refractivity contribution in [2.75, 3.05) is 24.9 Å². The predicted molar refractivity (Wildman–Crippen MR) is 90.1 cm³/mol. The molecule has 0 N–H and O–H groups in total. The van der Waals surface area contributed by atoms with Crippen molar-refractivity contribution in [3.63, 3.8) is 0 Å². The molecule has 0 fully saturated rings. The number of nitrogens with zero attached hydrogens (tertiary/aromatic N) is 3. The number of para-hydroxylation sites is 2. The van der Waals surface area contributed by atoms with Crippen LogP contribution in [0.5, 0.6) is 5.75 Å². The Morgan fingerprint density at radius 2 is 1.96 bits per heavy atom. The van der Waals surface area contributed by atoms with Crippen LogP contribution in [0.25, 0.3) is 0 Å². The minimum absolute atomic E-state index is 0.0141. The first-order valence-corrected chi connectivity index (χ1v) is 9.10. The standard InChI is InChI=1S/C16H19N3O5S/c1-10-15(11(2)24-17-10)25(21,22)19-9-14(16(20)18(3)4)23-13-8-6-5-7-12(13)19/h5-8,14H,9H2,1-4H3/t14-/m1/s1. The molecule has 25 heavy (non-hydrogen) atoms. The minimum Gasteiger partial charge on any atom is -0.476 e. The van der Waals surface area contributed by atoms with E-state index in [9.17, 15) is 13.2 Å². The molecule has 0 saturated carbocycles. The highest BCUT2D eigenvalue weighted by molar-refractivity contribution is 7.93. The summed E-state index contributed by atoms with van der Waals surface area (Å²) in [6.07, 6.45) is -0.930. The number of fused-ring (bicyclic) bond motifs is 1. The lowest BCUT2D eigenvalue weighted by Crippen LogP contribution is -2.50. The molecule has 1 aromatic heterocycles. The number of carbonyl (C=O) groups is 1. The maximum Gasteiger partial charge on any atom is 0.270 e. The Balaban J connectivity index is 2.12. The molecule has 3 rings (SSSR count). The van der Waals surface area contributed by atoms with E-state index >= 15 is 0 Å². The number of aryl methyl sites for hydroxylation is 2. The summed E-state index contributed by atoms with van der Waals surface area (Å²) in [4.78, 5) is 13.7. The molecule has 1 aliphatic rings. The normalized spacial score (nSPS) is 17.0. The summed E-state index contributed by atoms with van der Waals surface area (Å²) in [7, 11) is -0.766. The second-order valence-electron chi connectivity index (χ2n) is 6.00. The monoisotopic (exact) mass is 365 g/mol. The van der Waals surface area contributed by atoms with E-state index in [0.717, 1.165) is 0 Å². The first kappa shape index (κ1) is 17.3. The van der Waals surface area contributed by atoms with Gasteiger partial charge in [-0.05, 0) is 26.0 Å². The Morgan fingerprint density at radius 1 is 1.28 bits per heavy atom. The van der Waals surface area contributed by atoms with Gasteiger partial charge in [0.05, 0.1) is 12.2 Å². The number of benzene rings is 1. The highest BCUT2D eigenvalue weighted by Gasteiger charge is 2.40. The number of aromatic nitrogens is 1. The molecule has 0 bridgehead atoms. The Labute approximate surface area is 146 Å². The van der Waals surface area contributed by atoms with Crippen molar-refractivity contribution < 1.29 is 22.5 Å². The van der Waals surface area contributed by atoms with Gasteiger partial charge in [-0.2, -0.15) is 0 Å². The number of hydrogen-bond acceptors (Lipinski definition) is 6. The molecule has 1 aromatic carbocycles. The molecule has 0 spiro atoms. The van der Waals surface area contributed by atoms with Crippen LogP contribution in [0.15, 0.2) is 33.7 Å². The van der Waals surface area contributed by atoms with Crippen LogP contribution in [-0.4, -0.2) is 51.1 Å². The van der Waals surface area contributed by atoms with Crippen LogP contribution < -0.4 is 9.04 Å². The molecule has 1 atom stereocenters. The minimum atomic E-state index is -3.96. The number of rotatable bonds is 3. The molecular formula is C16H19N3O5S. The molecule has 1 aliphatic heterocycles. The zero-order valence-electron chi connectivity index (χ0n) is 14.4. The number of sulfonamides is 1. The molecule has 8 nitrogen and oxygen atoms in total. The third kappa shape index (κ3) is 2.84. The van der Waals surface area contributed by atoms with Crippen LogP contribution in [0.3, 0.4) is 0 Å². The zero-order chi connectivity index (χ0) is 18.4. The summed E-state index contributed by atoms with van der Waals surface area (Å²) in [5, 5.41) is 3.73. The largest absolute Gasteiger partial charge is 0.476 e. The summed E-state index contributed by atoms with van der Waals surface area (Å²) >= 11 is 0. The van der Waals surface area contributed by atoms with E-state index in [1.807, 2.05) is 0 Å². The van der Waals surface area contributed by atoms with Crippen LogP contribution in [0.2, 0.25) is 0 Å². The van der Waals surface area contributed by atoms with E-state index in [1.54, 1.807) is 52.2 Å². The quantitative estimate of drug-likeness (QED) is 0.815. The Hall–Kier alpha value is -2.55. The van der Waals surface area contributed by atoms with Crippen molar-refractivity contribution in [1.82, 2.24) is 10.1 Å². The highest BCUT2D eigenvalue weighted by Crippen LogP contribution is 2.38. The molecule has 134 valence electrons. The lowest BCUT2D eigenvalue weighted by Gasteiger charge is -2.35. The first-order chi connectivity index (χ1) is 11.7. The van der Waals surface area contributed by atoms with Gasteiger partial charge in [-0.3, -0.25) is 9.10 Å². The van der Waals surface area contributed by atoms with Crippen LogP contribution in [0.4, 0.5) is 5.69 Å². The van der Waals surface area contributed by atoms with Crippen molar-refractivity contribution in [3.8, 4) is 5.75 Å². The second-order valence-corrected chi connectivity index (χ2v) is 7.80. The van der Waals surface area contributed by atoms with E-state index in [-0.39, 0.29) is 28.8 Å². The van der Waals surface area contributed by atoms with Crippen molar-refractivity contribution in [2.24, 2.45) is 0 Å². The van der Waals surface area contributed by atoms with Gasteiger partial charge >= 0.3 is 0 Å². The fourth-order valence-electron chi connectivity index (χ4n) is 2.80. The van der Waals surface area contributed by atoms with Gasteiger partial charge in [-0.25, -0.2) is 8.42 Å². The summed E-state index contributed by atoms with van der Waals surface area (Å²) in [5.74, 6) is 0.231. The number of carbonyl (C=O) groups excluding carboxylic acids is 1. The van der Waals surface area contributed by atoms with Gasteiger partial charge in [0.15, 0.2) is 16.8 Å². The SMILES string of the molecule is Cc1noc(C)c1S(=O)(=O)N1C[C@H](C(=O)N(C)C)Oc2ccccc21. The van der Waals surface area contributed by atoms with E-state index in [1.165, 1.54) is 9.21 Å². The Kier molecular flexibility index (Phi) is 4.19. The third-order valence-electron chi connectivity index (χ3n) is 3.97. The van der Waals surface area contributed by atoms with E-state index in [2.05, 4.69) is 5.16 Å². The fourth-order valence-corrected chi connectivity index (χ4v) is 4.57. The predicted octanol–water partition coefficient (Wildman–Crippen LogP) is 1.34. The maximum absolute atomic E-state index is 13.2. The topological polar surface area (TPSA) is 93.0 Å². The molecule has 0 saturated heterocycles. The third-order valence-corrected chi connectivity index (χ3v) is 5.99. The van der Waals surface area contributed by atoms with Crippen LogP contribution in [0.1, 0.15) is 11.5 Å². The fraction of sp³-hybridized carbons (Fsp3) is 0.375. The Morgan fingerprint density at radius 3 is 2.56 bits per heavy atom. The van der Waals surface area contributed by atoms with E-state index in [0.29, 0.717) is 11.4 Å². The molecule has 2 heterocycles. The van der Waals surface area contributed by atoms with Gasteiger partial charge in [0.25, 0.3) is 15.9 Å². The van der Waals surface area contributed by atoms with E-state index < -0.39 is 16.1 Å². The molecule has 2 aromatic rings.